The normalized spacial score (nSPS) is 21.1. The fourth-order valence-corrected chi connectivity index (χ4v) is 2.68. The van der Waals surface area contributed by atoms with Gasteiger partial charge in [0.2, 0.25) is 5.91 Å². The third-order valence-corrected chi connectivity index (χ3v) is 3.84. The van der Waals surface area contributed by atoms with E-state index in [1.807, 2.05) is 24.3 Å². The van der Waals surface area contributed by atoms with Crippen LogP contribution in [0.5, 0.6) is 0 Å². The van der Waals surface area contributed by atoms with Crippen molar-refractivity contribution in [2.75, 3.05) is 11.9 Å². The van der Waals surface area contributed by atoms with E-state index in [-0.39, 0.29) is 18.4 Å². The van der Waals surface area contributed by atoms with Crippen molar-refractivity contribution < 1.29 is 9.90 Å². The summed E-state index contributed by atoms with van der Waals surface area (Å²) >= 11 is 0. The monoisotopic (exact) mass is 271 g/mol. The molecule has 1 aromatic carbocycles. The summed E-state index contributed by atoms with van der Waals surface area (Å²) in [5, 5.41) is 11.8. The summed E-state index contributed by atoms with van der Waals surface area (Å²) in [6.07, 6.45) is 3.69. The van der Waals surface area contributed by atoms with Gasteiger partial charge in [0.1, 0.15) is 0 Å². The van der Waals surface area contributed by atoms with Gasteiger partial charge in [0.25, 0.3) is 0 Å². The van der Waals surface area contributed by atoms with Crippen LogP contribution in [0.4, 0.5) is 5.69 Å². The maximum absolute atomic E-state index is 12.3. The summed E-state index contributed by atoms with van der Waals surface area (Å²) in [4.78, 5) is 12.3. The summed E-state index contributed by atoms with van der Waals surface area (Å²) in [6, 6.07) is 7.56. The van der Waals surface area contributed by atoms with Crippen LogP contribution >= 0.6 is 0 Å². The summed E-state index contributed by atoms with van der Waals surface area (Å²) in [7, 11) is 0. The number of benzene rings is 1. The number of carbonyl (C=O) groups is 1. The van der Waals surface area contributed by atoms with Crippen LogP contribution in [0.3, 0.4) is 0 Å². The minimum atomic E-state index is 0.0567. The first-order valence-electron chi connectivity index (χ1n) is 7.22. The zero-order valence-corrected chi connectivity index (χ0v) is 11.9. The van der Waals surface area contributed by atoms with E-state index in [1.165, 1.54) is 0 Å². The molecule has 3 heteroatoms. The van der Waals surface area contributed by atoms with Gasteiger partial charge in [0, 0.05) is 17.9 Å². The Bertz CT molecular complexity index is 527. The predicted octanol–water partition coefficient (Wildman–Crippen LogP) is 2.80. The molecule has 0 saturated heterocycles. The van der Waals surface area contributed by atoms with Crippen molar-refractivity contribution in [2.24, 2.45) is 11.8 Å². The molecule has 1 aliphatic carbocycles. The average molecular weight is 271 g/mol. The number of nitrogens with one attached hydrogen (secondary N) is 1. The number of aliphatic hydroxyl groups is 1. The molecule has 1 aromatic rings. The molecule has 106 valence electrons. The Balaban J connectivity index is 2.09. The molecule has 1 aliphatic rings. The number of anilines is 1. The Morgan fingerprint density at radius 3 is 2.90 bits per heavy atom. The lowest BCUT2D eigenvalue weighted by Crippen LogP contribution is -2.24. The van der Waals surface area contributed by atoms with E-state index in [9.17, 15) is 4.79 Å². The Morgan fingerprint density at radius 2 is 2.20 bits per heavy atom. The number of hydrogen-bond acceptors (Lipinski definition) is 2. The van der Waals surface area contributed by atoms with Crippen molar-refractivity contribution in [1.82, 2.24) is 0 Å². The number of carbonyl (C=O) groups excluding carboxylic acids is 1. The van der Waals surface area contributed by atoms with Gasteiger partial charge in [-0.25, -0.2) is 0 Å². The van der Waals surface area contributed by atoms with Gasteiger partial charge in [-0.05, 0) is 30.9 Å². The lowest BCUT2D eigenvalue weighted by molar-refractivity contribution is -0.120. The summed E-state index contributed by atoms with van der Waals surface area (Å²) < 4.78 is 0. The maximum Gasteiger partial charge on any atom is 0.227 e. The minimum Gasteiger partial charge on any atom is -0.395 e. The van der Waals surface area contributed by atoms with Gasteiger partial charge in [0.15, 0.2) is 0 Å². The molecule has 1 fully saturated rings. The van der Waals surface area contributed by atoms with Crippen LogP contribution in [-0.4, -0.2) is 17.6 Å². The topological polar surface area (TPSA) is 49.3 Å². The van der Waals surface area contributed by atoms with E-state index in [2.05, 4.69) is 24.1 Å². The van der Waals surface area contributed by atoms with Crippen molar-refractivity contribution in [3.63, 3.8) is 0 Å². The van der Waals surface area contributed by atoms with E-state index in [1.54, 1.807) is 0 Å². The maximum atomic E-state index is 12.3. The summed E-state index contributed by atoms with van der Waals surface area (Å²) in [5.41, 5.74) is 1.57. The largest absolute Gasteiger partial charge is 0.395 e. The number of para-hydroxylation sites is 1. The molecule has 0 bridgehead atoms. The van der Waals surface area contributed by atoms with Gasteiger partial charge < -0.3 is 10.4 Å². The third-order valence-electron chi connectivity index (χ3n) is 3.84. The molecule has 0 aromatic heterocycles. The molecule has 1 amide bonds. The van der Waals surface area contributed by atoms with Gasteiger partial charge in [0.05, 0.1) is 12.3 Å². The lowest BCUT2D eigenvalue weighted by Gasteiger charge is -2.15. The molecule has 1 saturated carbocycles. The minimum absolute atomic E-state index is 0.0567. The number of rotatable bonds is 3. The molecule has 2 atom stereocenters. The highest BCUT2D eigenvalue weighted by molar-refractivity contribution is 5.94. The number of hydrogen-bond donors (Lipinski definition) is 2. The van der Waals surface area contributed by atoms with Crippen LogP contribution in [0.25, 0.3) is 0 Å². The molecular weight excluding hydrogens is 250 g/mol. The van der Waals surface area contributed by atoms with Crippen LogP contribution < -0.4 is 5.32 Å². The molecule has 2 unspecified atom stereocenters. The molecule has 2 N–H and O–H groups in total. The van der Waals surface area contributed by atoms with Gasteiger partial charge in [-0.3, -0.25) is 4.79 Å². The van der Waals surface area contributed by atoms with Gasteiger partial charge in [-0.15, -0.1) is 0 Å². The van der Waals surface area contributed by atoms with Crippen molar-refractivity contribution in [2.45, 2.75) is 32.6 Å². The smallest absolute Gasteiger partial charge is 0.227 e. The zero-order valence-electron chi connectivity index (χ0n) is 11.9. The summed E-state index contributed by atoms with van der Waals surface area (Å²) in [5.74, 6) is 6.57. The van der Waals surface area contributed by atoms with E-state index < -0.39 is 0 Å². The Kier molecular flexibility index (Phi) is 5.20. The van der Waals surface area contributed by atoms with Crippen LogP contribution in [-0.2, 0) is 4.79 Å². The molecule has 0 aliphatic heterocycles. The van der Waals surface area contributed by atoms with Crippen molar-refractivity contribution in [3.05, 3.63) is 29.8 Å². The number of aliphatic hydroxyl groups excluding tert-OH is 1. The Hall–Kier alpha value is -1.79. The van der Waals surface area contributed by atoms with Gasteiger partial charge >= 0.3 is 0 Å². The van der Waals surface area contributed by atoms with E-state index >= 15 is 0 Å². The first-order valence-corrected chi connectivity index (χ1v) is 7.22. The molecule has 0 spiro atoms. The molecule has 20 heavy (non-hydrogen) atoms. The van der Waals surface area contributed by atoms with E-state index in [0.717, 1.165) is 30.5 Å². The molecular formula is C17H21NO2. The van der Waals surface area contributed by atoms with E-state index in [0.29, 0.717) is 12.3 Å². The van der Waals surface area contributed by atoms with Gasteiger partial charge in [-0.2, -0.15) is 0 Å². The second-order valence-electron chi connectivity index (χ2n) is 5.32. The second-order valence-corrected chi connectivity index (χ2v) is 5.32. The highest BCUT2D eigenvalue weighted by atomic mass is 16.2. The fourth-order valence-electron chi connectivity index (χ4n) is 2.68. The van der Waals surface area contributed by atoms with Crippen molar-refractivity contribution >= 4 is 11.6 Å². The Labute approximate surface area is 120 Å². The number of amides is 1. The fraction of sp³-hybridized carbons (Fsp3) is 0.471. The highest BCUT2D eigenvalue weighted by Gasteiger charge is 2.29. The molecule has 0 radical (unpaired) electrons. The zero-order chi connectivity index (χ0) is 14.4. The van der Waals surface area contributed by atoms with Crippen LogP contribution in [0, 0.1) is 23.7 Å². The quantitative estimate of drug-likeness (QED) is 0.831. The predicted molar refractivity (Wildman–Crippen MR) is 80.2 cm³/mol. The van der Waals surface area contributed by atoms with Crippen molar-refractivity contribution in [3.8, 4) is 11.8 Å². The van der Waals surface area contributed by atoms with Crippen molar-refractivity contribution in [1.29, 1.82) is 0 Å². The molecule has 2 rings (SSSR count). The van der Waals surface area contributed by atoms with E-state index in [4.69, 9.17) is 5.11 Å². The first kappa shape index (κ1) is 14.6. The van der Waals surface area contributed by atoms with Crippen LogP contribution in [0.15, 0.2) is 24.3 Å². The average Bonchev–Trinajstić information content (AvgIpc) is 2.87. The van der Waals surface area contributed by atoms with Crippen LogP contribution in [0.1, 0.15) is 38.2 Å². The molecule has 0 heterocycles. The standard InChI is InChI=1S/C17H21NO2/c1-13-7-6-10-15(13)17(20)18-16-11-3-2-8-14(16)9-4-5-12-19/h2-3,8,11,13,15,19H,5-7,10,12H2,1H3,(H,18,20). The molecule has 3 nitrogen and oxygen atoms in total. The Morgan fingerprint density at radius 1 is 1.40 bits per heavy atom. The lowest BCUT2D eigenvalue weighted by atomic mass is 9.97. The third kappa shape index (κ3) is 3.61. The first-order chi connectivity index (χ1) is 9.72. The highest BCUT2D eigenvalue weighted by Crippen LogP contribution is 2.32. The van der Waals surface area contributed by atoms with Crippen LogP contribution in [0.2, 0.25) is 0 Å². The SMILES string of the molecule is CC1CCCC1C(=O)Nc1ccccc1C#CCCO. The summed E-state index contributed by atoms with van der Waals surface area (Å²) in [6.45, 7) is 2.20. The second kappa shape index (κ2) is 7.12. The van der Waals surface area contributed by atoms with Gasteiger partial charge in [-0.1, -0.05) is 37.3 Å².